The lowest BCUT2D eigenvalue weighted by atomic mass is 9.94. The lowest BCUT2D eigenvalue weighted by molar-refractivity contribution is -0.127. The van der Waals surface area contributed by atoms with Crippen LogP contribution in [0, 0.1) is 12.8 Å². The van der Waals surface area contributed by atoms with Crippen LogP contribution in [0.3, 0.4) is 0 Å². The largest absolute Gasteiger partial charge is 0.354 e. The minimum absolute atomic E-state index is 0.103. The average molecular weight is 296 g/mol. The van der Waals surface area contributed by atoms with Crippen LogP contribution in [0.15, 0.2) is 42.6 Å². The van der Waals surface area contributed by atoms with Crippen LogP contribution in [0.25, 0.3) is 0 Å². The molecule has 0 aliphatic carbocycles. The molecule has 1 aliphatic heterocycles. The third kappa shape index (κ3) is 2.93. The van der Waals surface area contributed by atoms with Crippen LogP contribution >= 0.6 is 0 Å². The molecule has 1 aromatic heterocycles. The first kappa shape index (κ1) is 14.5. The van der Waals surface area contributed by atoms with Crippen molar-refractivity contribution in [1.82, 2.24) is 14.9 Å². The molecular formula is C17H20N4O. The maximum atomic E-state index is 12.1. The van der Waals surface area contributed by atoms with Crippen molar-refractivity contribution in [2.45, 2.75) is 19.4 Å². The van der Waals surface area contributed by atoms with E-state index in [2.05, 4.69) is 27.4 Å². The second-order valence-corrected chi connectivity index (χ2v) is 5.73. The summed E-state index contributed by atoms with van der Waals surface area (Å²) in [7, 11) is 1.88. The molecule has 1 saturated heterocycles. The van der Waals surface area contributed by atoms with Gasteiger partial charge in [0.05, 0.1) is 6.04 Å². The van der Waals surface area contributed by atoms with Gasteiger partial charge < -0.3 is 10.2 Å². The standard InChI is InChI=1S/C17H20N4O/c1-12-8-9-18-17(20-12)19-11-14-10-15(22)21(2)16(14)13-6-4-3-5-7-13/h3-9,14,16H,10-11H2,1-2H3,(H,18,19,20)/t14-,16-/m0/s1. The molecule has 0 bridgehead atoms. The van der Waals surface area contributed by atoms with E-state index in [0.717, 1.165) is 5.69 Å². The summed E-state index contributed by atoms with van der Waals surface area (Å²) < 4.78 is 0. The second-order valence-electron chi connectivity index (χ2n) is 5.73. The minimum atomic E-state index is 0.103. The number of carbonyl (C=O) groups excluding carboxylic acids is 1. The van der Waals surface area contributed by atoms with E-state index in [1.54, 1.807) is 6.20 Å². The number of aryl methyl sites for hydroxylation is 1. The van der Waals surface area contributed by atoms with Gasteiger partial charge in [0.15, 0.2) is 0 Å². The summed E-state index contributed by atoms with van der Waals surface area (Å²) in [6, 6.07) is 12.1. The Morgan fingerprint density at radius 1 is 1.27 bits per heavy atom. The molecule has 0 radical (unpaired) electrons. The average Bonchev–Trinajstić information content (AvgIpc) is 2.81. The first-order valence-electron chi connectivity index (χ1n) is 7.49. The summed E-state index contributed by atoms with van der Waals surface area (Å²) in [6.45, 7) is 2.62. The Kier molecular flexibility index (Phi) is 4.04. The van der Waals surface area contributed by atoms with Crippen molar-refractivity contribution in [3.05, 3.63) is 53.9 Å². The number of benzene rings is 1. The number of aromatic nitrogens is 2. The van der Waals surface area contributed by atoms with E-state index in [-0.39, 0.29) is 17.9 Å². The van der Waals surface area contributed by atoms with Crippen molar-refractivity contribution in [3.8, 4) is 0 Å². The molecule has 1 N–H and O–H groups in total. The van der Waals surface area contributed by atoms with Gasteiger partial charge in [0.2, 0.25) is 11.9 Å². The van der Waals surface area contributed by atoms with Gasteiger partial charge in [-0.3, -0.25) is 4.79 Å². The summed E-state index contributed by atoms with van der Waals surface area (Å²) in [5.74, 6) is 1.02. The Bertz CT molecular complexity index is 659. The quantitative estimate of drug-likeness (QED) is 0.941. The van der Waals surface area contributed by atoms with Gasteiger partial charge in [-0.25, -0.2) is 9.97 Å². The predicted molar refractivity (Wildman–Crippen MR) is 85.3 cm³/mol. The van der Waals surface area contributed by atoms with E-state index < -0.39 is 0 Å². The van der Waals surface area contributed by atoms with Crippen molar-refractivity contribution >= 4 is 11.9 Å². The summed E-state index contributed by atoms with van der Waals surface area (Å²) >= 11 is 0. The molecule has 114 valence electrons. The molecule has 1 amide bonds. The van der Waals surface area contributed by atoms with Gasteiger partial charge in [0, 0.05) is 37.8 Å². The molecule has 3 rings (SSSR count). The van der Waals surface area contributed by atoms with Crippen LogP contribution in [0.1, 0.15) is 23.7 Å². The molecule has 0 saturated carbocycles. The summed E-state index contributed by atoms with van der Waals surface area (Å²) in [4.78, 5) is 22.5. The fraction of sp³-hybridized carbons (Fsp3) is 0.353. The van der Waals surface area contributed by atoms with Gasteiger partial charge in [-0.2, -0.15) is 0 Å². The molecule has 2 aromatic rings. The van der Waals surface area contributed by atoms with Crippen molar-refractivity contribution in [1.29, 1.82) is 0 Å². The topological polar surface area (TPSA) is 58.1 Å². The van der Waals surface area contributed by atoms with Gasteiger partial charge >= 0.3 is 0 Å². The molecule has 2 heterocycles. The molecule has 0 unspecified atom stereocenters. The fourth-order valence-corrected chi connectivity index (χ4v) is 3.04. The molecule has 22 heavy (non-hydrogen) atoms. The van der Waals surface area contributed by atoms with Gasteiger partial charge in [-0.05, 0) is 18.6 Å². The number of nitrogens with one attached hydrogen (secondary N) is 1. The molecule has 5 heteroatoms. The number of nitrogens with zero attached hydrogens (tertiary/aromatic N) is 3. The normalized spacial score (nSPS) is 21.2. The van der Waals surface area contributed by atoms with E-state index in [1.165, 1.54) is 5.56 Å². The number of amides is 1. The van der Waals surface area contributed by atoms with Crippen LogP contribution in [-0.2, 0) is 4.79 Å². The Labute approximate surface area is 130 Å². The van der Waals surface area contributed by atoms with Crippen molar-refractivity contribution in [3.63, 3.8) is 0 Å². The summed E-state index contributed by atoms with van der Waals surface area (Å²) in [5.41, 5.74) is 2.10. The minimum Gasteiger partial charge on any atom is -0.354 e. The molecular weight excluding hydrogens is 276 g/mol. The smallest absolute Gasteiger partial charge is 0.223 e. The van der Waals surface area contributed by atoms with Gasteiger partial charge in [0.25, 0.3) is 0 Å². The Morgan fingerprint density at radius 2 is 2.05 bits per heavy atom. The van der Waals surface area contributed by atoms with E-state index in [9.17, 15) is 4.79 Å². The number of hydrogen-bond acceptors (Lipinski definition) is 4. The van der Waals surface area contributed by atoms with Gasteiger partial charge in [0.1, 0.15) is 0 Å². The monoisotopic (exact) mass is 296 g/mol. The van der Waals surface area contributed by atoms with Crippen LogP contribution in [0.5, 0.6) is 0 Å². The van der Waals surface area contributed by atoms with Crippen LogP contribution in [0.4, 0.5) is 5.95 Å². The van der Waals surface area contributed by atoms with Gasteiger partial charge in [-0.15, -0.1) is 0 Å². The fourth-order valence-electron chi connectivity index (χ4n) is 3.04. The van der Waals surface area contributed by atoms with Crippen LogP contribution < -0.4 is 5.32 Å². The maximum Gasteiger partial charge on any atom is 0.223 e. The van der Waals surface area contributed by atoms with Crippen LogP contribution in [-0.4, -0.2) is 34.4 Å². The van der Waals surface area contributed by atoms with E-state index in [0.29, 0.717) is 18.9 Å². The molecule has 1 aliphatic rings. The number of hydrogen-bond donors (Lipinski definition) is 1. The molecule has 0 spiro atoms. The Balaban J connectivity index is 1.75. The predicted octanol–water partition coefficient (Wildman–Crippen LogP) is 2.42. The number of anilines is 1. The highest BCUT2D eigenvalue weighted by Crippen LogP contribution is 2.36. The highest BCUT2D eigenvalue weighted by Gasteiger charge is 2.38. The molecule has 5 nitrogen and oxygen atoms in total. The zero-order chi connectivity index (χ0) is 15.5. The van der Waals surface area contributed by atoms with E-state index >= 15 is 0 Å². The number of likely N-dealkylation sites (tertiary alicyclic amines) is 1. The highest BCUT2D eigenvalue weighted by molar-refractivity contribution is 5.79. The Morgan fingerprint density at radius 3 is 2.77 bits per heavy atom. The van der Waals surface area contributed by atoms with Crippen molar-refractivity contribution in [2.75, 3.05) is 18.9 Å². The first-order valence-corrected chi connectivity index (χ1v) is 7.49. The lowest BCUT2D eigenvalue weighted by Crippen LogP contribution is -2.26. The number of rotatable bonds is 4. The third-order valence-electron chi connectivity index (χ3n) is 4.15. The SMILES string of the molecule is Cc1ccnc(NC[C@@H]2CC(=O)N(C)[C@H]2c2ccccc2)n1. The zero-order valence-corrected chi connectivity index (χ0v) is 12.9. The maximum absolute atomic E-state index is 12.1. The van der Waals surface area contributed by atoms with Gasteiger partial charge in [-0.1, -0.05) is 30.3 Å². The van der Waals surface area contributed by atoms with Crippen LogP contribution in [0.2, 0.25) is 0 Å². The molecule has 1 fully saturated rings. The van der Waals surface area contributed by atoms with Crippen molar-refractivity contribution in [2.24, 2.45) is 5.92 Å². The first-order chi connectivity index (χ1) is 10.6. The number of carbonyl (C=O) groups is 1. The Hall–Kier alpha value is -2.43. The highest BCUT2D eigenvalue weighted by atomic mass is 16.2. The van der Waals surface area contributed by atoms with Crippen molar-refractivity contribution < 1.29 is 4.79 Å². The zero-order valence-electron chi connectivity index (χ0n) is 12.9. The summed E-state index contributed by atoms with van der Waals surface area (Å²) in [6.07, 6.45) is 2.29. The second kappa shape index (κ2) is 6.13. The third-order valence-corrected chi connectivity index (χ3v) is 4.15. The van der Waals surface area contributed by atoms with E-state index in [4.69, 9.17) is 0 Å². The molecule has 1 aromatic carbocycles. The summed E-state index contributed by atoms with van der Waals surface area (Å²) in [5, 5.41) is 3.27. The molecule has 2 atom stereocenters. The van der Waals surface area contributed by atoms with E-state index in [1.807, 2.05) is 43.1 Å². The lowest BCUT2D eigenvalue weighted by Gasteiger charge is -2.25.